The highest BCUT2D eigenvalue weighted by atomic mass is 32.2. The molecule has 0 spiro atoms. The van der Waals surface area contributed by atoms with E-state index in [0.717, 1.165) is 11.8 Å². The number of amides is 1. The highest BCUT2D eigenvalue weighted by molar-refractivity contribution is 7.99. The van der Waals surface area contributed by atoms with Crippen LogP contribution in [-0.4, -0.2) is 28.3 Å². The van der Waals surface area contributed by atoms with Crippen molar-refractivity contribution in [2.24, 2.45) is 0 Å². The molecule has 0 saturated carbocycles. The van der Waals surface area contributed by atoms with E-state index >= 15 is 0 Å². The standard InChI is InChI=1S/C18H18N4O4S/c1-25-13-6-4-12(5-7-13)22-15(19)9-16(23)21-18(22)27-11-17(24)20-10-14-3-2-8-26-14/h2-9H,10-11,19H2,1H3,(H,20,24). The SMILES string of the molecule is COc1ccc(-n2c(N)cc(=O)nc2SCC(=O)NCc2ccco2)cc1. The summed E-state index contributed by atoms with van der Waals surface area (Å²) in [6.45, 7) is 0.294. The molecule has 0 atom stereocenters. The molecule has 9 heteroatoms. The summed E-state index contributed by atoms with van der Waals surface area (Å²) in [5, 5.41) is 3.07. The van der Waals surface area contributed by atoms with E-state index in [1.807, 2.05) is 0 Å². The van der Waals surface area contributed by atoms with Crippen LogP contribution in [0, 0.1) is 0 Å². The van der Waals surface area contributed by atoms with Gasteiger partial charge in [-0.15, -0.1) is 0 Å². The Balaban J connectivity index is 1.75. The molecule has 0 aliphatic carbocycles. The van der Waals surface area contributed by atoms with Crippen molar-refractivity contribution in [1.82, 2.24) is 14.9 Å². The van der Waals surface area contributed by atoms with E-state index in [4.69, 9.17) is 14.9 Å². The molecule has 0 aliphatic rings. The van der Waals surface area contributed by atoms with Gasteiger partial charge in [-0.05, 0) is 36.4 Å². The van der Waals surface area contributed by atoms with E-state index in [-0.39, 0.29) is 17.5 Å². The molecule has 2 heterocycles. The Morgan fingerprint density at radius 2 is 2.11 bits per heavy atom. The van der Waals surface area contributed by atoms with Crippen molar-refractivity contribution in [2.75, 3.05) is 18.6 Å². The number of hydrogen-bond acceptors (Lipinski definition) is 7. The van der Waals surface area contributed by atoms with Crippen LogP contribution in [0.25, 0.3) is 5.69 Å². The topological polar surface area (TPSA) is 112 Å². The normalized spacial score (nSPS) is 10.6. The maximum atomic E-state index is 12.1. The first-order chi connectivity index (χ1) is 13.1. The van der Waals surface area contributed by atoms with Crippen molar-refractivity contribution in [3.8, 4) is 11.4 Å². The Hall–Kier alpha value is -3.20. The number of furan rings is 1. The first kappa shape index (κ1) is 18.6. The van der Waals surface area contributed by atoms with Crippen molar-refractivity contribution in [3.63, 3.8) is 0 Å². The monoisotopic (exact) mass is 386 g/mol. The van der Waals surface area contributed by atoms with Crippen LogP contribution in [0.5, 0.6) is 5.75 Å². The second-order valence-corrected chi connectivity index (χ2v) is 6.42. The molecule has 3 N–H and O–H groups in total. The van der Waals surface area contributed by atoms with E-state index in [1.54, 1.807) is 54.3 Å². The average Bonchev–Trinajstić information content (AvgIpc) is 3.18. The predicted molar refractivity (Wildman–Crippen MR) is 102 cm³/mol. The third-order valence-corrected chi connectivity index (χ3v) is 4.57. The number of carbonyl (C=O) groups excluding carboxylic acids is 1. The Bertz CT molecular complexity index is 968. The molecule has 0 bridgehead atoms. The molecule has 2 aromatic heterocycles. The number of rotatable bonds is 7. The number of carbonyl (C=O) groups is 1. The van der Waals surface area contributed by atoms with Gasteiger partial charge in [-0.2, -0.15) is 4.98 Å². The highest BCUT2D eigenvalue weighted by Gasteiger charge is 2.13. The van der Waals surface area contributed by atoms with Crippen molar-refractivity contribution >= 4 is 23.5 Å². The smallest absolute Gasteiger partial charge is 0.275 e. The molecule has 0 saturated heterocycles. The second-order valence-electron chi connectivity index (χ2n) is 5.48. The van der Waals surface area contributed by atoms with Gasteiger partial charge in [-0.1, -0.05) is 11.8 Å². The number of aromatic nitrogens is 2. The Morgan fingerprint density at radius 1 is 1.33 bits per heavy atom. The van der Waals surface area contributed by atoms with Crippen LogP contribution < -0.4 is 21.3 Å². The lowest BCUT2D eigenvalue weighted by Gasteiger charge is -2.15. The Morgan fingerprint density at radius 3 is 2.78 bits per heavy atom. The van der Waals surface area contributed by atoms with E-state index in [9.17, 15) is 9.59 Å². The number of nitrogen functional groups attached to an aromatic ring is 1. The molecule has 3 rings (SSSR count). The summed E-state index contributed by atoms with van der Waals surface area (Å²) in [4.78, 5) is 27.8. The van der Waals surface area contributed by atoms with Gasteiger partial charge in [-0.3, -0.25) is 14.2 Å². The largest absolute Gasteiger partial charge is 0.497 e. The minimum Gasteiger partial charge on any atom is -0.497 e. The number of ether oxygens (including phenoxy) is 1. The van der Waals surface area contributed by atoms with E-state index in [2.05, 4.69) is 10.3 Å². The summed E-state index contributed by atoms with van der Waals surface area (Å²) >= 11 is 1.12. The quantitative estimate of drug-likeness (QED) is 0.470. The lowest BCUT2D eigenvalue weighted by Crippen LogP contribution is -2.25. The zero-order valence-electron chi connectivity index (χ0n) is 14.5. The van der Waals surface area contributed by atoms with Crippen LogP contribution >= 0.6 is 11.8 Å². The molecule has 0 aliphatic heterocycles. The Kier molecular flexibility index (Phi) is 5.82. The minimum atomic E-state index is -0.462. The van der Waals surface area contributed by atoms with Crippen molar-refractivity contribution in [2.45, 2.75) is 11.7 Å². The fourth-order valence-corrected chi connectivity index (χ4v) is 3.20. The van der Waals surface area contributed by atoms with Gasteiger partial charge in [0.15, 0.2) is 5.16 Å². The zero-order valence-corrected chi connectivity index (χ0v) is 15.4. The maximum Gasteiger partial charge on any atom is 0.275 e. The molecule has 0 radical (unpaired) electrons. The summed E-state index contributed by atoms with van der Waals surface area (Å²) in [5.74, 6) is 1.45. The van der Waals surface area contributed by atoms with Gasteiger partial charge in [-0.25, -0.2) is 0 Å². The van der Waals surface area contributed by atoms with Crippen LogP contribution in [-0.2, 0) is 11.3 Å². The lowest BCUT2D eigenvalue weighted by molar-refractivity contribution is -0.118. The average molecular weight is 386 g/mol. The molecule has 1 aromatic carbocycles. The lowest BCUT2D eigenvalue weighted by atomic mass is 10.3. The highest BCUT2D eigenvalue weighted by Crippen LogP contribution is 2.24. The van der Waals surface area contributed by atoms with Gasteiger partial charge >= 0.3 is 0 Å². The van der Waals surface area contributed by atoms with Crippen LogP contribution in [0.4, 0.5) is 5.82 Å². The minimum absolute atomic E-state index is 0.0761. The molecular formula is C18H18N4O4S. The number of anilines is 1. The van der Waals surface area contributed by atoms with Gasteiger partial charge in [0.1, 0.15) is 17.3 Å². The van der Waals surface area contributed by atoms with Crippen molar-refractivity contribution < 1.29 is 13.9 Å². The van der Waals surface area contributed by atoms with Gasteiger partial charge in [0, 0.05) is 11.8 Å². The third-order valence-electron chi connectivity index (χ3n) is 3.63. The van der Waals surface area contributed by atoms with Crippen LogP contribution in [0.2, 0.25) is 0 Å². The van der Waals surface area contributed by atoms with Crippen LogP contribution in [0.3, 0.4) is 0 Å². The van der Waals surface area contributed by atoms with Crippen molar-refractivity contribution in [1.29, 1.82) is 0 Å². The third kappa shape index (κ3) is 4.70. The summed E-state index contributed by atoms with van der Waals surface area (Å²) in [5.41, 5.74) is 6.26. The number of hydrogen-bond donors (Lipinski definition) is 2. The molecule has 140 valence electrons. The fraction of sp³-hybridized carbons (Fsp3) is 0.167. The fourth-order valence-electron chi connectivity index (χ4n) is 2.35. The summed E-state index contributed by atoms with van der Waals surface area (Å²) in [6.07, 6.45) is 1.54. The van der Waals surface area contributed by atoms with Crippen LogP contribution in [0.1, 0.15) is 5.76 Å². The van der Waals surface area contributed by atoms with Gasteiger partial charge in [0.25, 0.3) is 5.56 Å². The van der Waals surface area contributed by atoms with Gasteiger partial charge in [0.05, 0.1) is 25.7 Å². The number of nitrogens with zero attached hydrogens (tertiary/aromatic N) is 2. The summed E-state index contributed by atoms with van der Waals surface area (Å²) in [7, 11) is 1.58. The van der Waals surface area contributed by atoms with E-state index < -0.39 is 5.56 Å². The number of benzene rings is 1. The first-order valence-corrected chi connectivity index (χ1v) is 9.01. The predicted octanol–water partition coefficient (Wildman–Crippen LogP) is 1.82. The number of nitrogens with one attached hydrogen (secondary N) is 1. The van der Waals surface area contributed by atoms with E-state index in [0.29, 0.717) is 28.9 Å². The molecule has 8 nitrogen and oxygen atoms in total. The summed E-state index contributed by atoms with van der Waals surface area (Å²) < 4.78 is 11.9. The van der Waals surface area contributed by atoms with Gasteiger partial charge < -0.3 is 20.2 Å². The zero-order chi connectivity index (χ0) is 19.2. The molecular weight excluding hydrogens is 368 g/mol. The molecule has 3 aromatic rings. The number of nitrogens with two attached hydrogens (primary N) is 1. The van der Waals surface area contributed by atoms with Crippen molar-refractivity contribution in [3.05, 3.63) is 64.8 Å². The summed E-state index contributed by atoms with van der Waals surface area (Å²) in [6, 6.07) is 11.9. The van der Waals surface area contributed by atoms with E-state index in [1.165, 1.54) is 6.07 Å². The van der Waals surface area contributed by atoms with Crippen LogP contribution in [0.15, 0.2) is 63.1 Å². The molecule has 0 fully saturated rings. The molecule has 1 amide bonds. The number of methoxy groups -OCH3 is 1. The van der Waals surface area contributed by atoms with Gasteiger partial charge in [0.2, 0.25) is 5.91 Å². The molecule has 27 heavy (non-hydrogen) atoms. The number of thioether (sulfide) groups is 1. The first-order valence-electron chi connectivity index (χ1n) is 8.02. The second kappa shape index (κ2) is 8.45. The maximum absolute atomic E-state index is 12.1. The molecule has 0 unspecified atom stereocenters. The Labute approximate surface area is 159 Å².